The summed E-state index contributed by atoms with van der Waals surface area (Å²) in [7, 11) is 0. The van der Waals surface area contributed by atoms with E-state index in [0.29, 0.717) is 18.4 Å². The maximum atomic E-state index is 11.0. The van der Waals surface area contributed by atoms with Crippen LogP contribution in [0.3, 0.4) is 0 Å². The molecule has 3 heterocycles. The molecule has 11 N–H and O–H groups in total. The normalized spacial score (nSPS) is 28.2. The fourth-order valence-electron chi connectivity index (χ4n) is 6.44. The van der Waals surface area contributed by atoms with Crippen LogP contribution in [0.25, 0.3) is 11.1 Å². The second-order valence-corrected chi connectivity index (χ2v) is 16.0. The van der Waals surface area contributed by atoms with Crippen LogP contribution < -0.4 is 20.5 Å². The summed E-state index contributed by atoms with van der Waals surface area (Å²) < 4.78 is 47.4. The molecule has 10 unspecified atom stereocenters. The quantitative estimate of drug-likeness (QED) is 0.0308. The van der Waals surface area contributed by atoms with Crippen molar-refractivity contribution in [3.05, 3.63) is 47.0 Å². The predicted molar refractivity (Wildman–Crippen MR) is 218 cm³/mol. The van der Waals surface area contributed by atoms with Crippen molar-refractivity contribution < 1.29 is 63.5 Å². The zero-order chi connectivity index (χ0) is 41.8. The van der Waals surface area contributed by atoms with Crippen LogP contribution in [0.2, 0.25) is 0 Å². The lowest BCUT2D eigenvalue weighted by Crippen LogP contribution is -2.60. The van der Waals surface area contributed by atoms with Crippen molar-refractivity contribution >= 4 is 41.5 Å². The molecular weight excluding hydrogens is 799 g/mol. The SMILES string of the molecule is CCC(C)[C@@H](O)C(OCCN)OC(CO)[C@H](C)OC1OC(CO[C@@H]2CC=C(NC(S)=C3CCC3)C(CC(O)CNSNc3ccc4ocnc4c3)O2)C(O)C(O)C1O. The molecular formula is C38H61N5O13S2. The van der Waals surface area contributed by atoms with Crippen molar-refractivity contribution in [3.8, 4) is 0 Å². The van der Waals surface area contributed by atoms with E-state index in [1.807, 2.05) is 38.1 Å². The lowest BCUT2D eigenvalue weighted by atomic mass is 9.93. The molecule has 1 saturated carbocycles. The molecule has 1 saturated heterocycles. The highest BCUT2D eigenvalue weighted by Gasteiger charge is 2.46. The highest BCUT2D eigenvalue weighted by molar-refractivity contribution is 7.98. The third kappa shape index (κ3) is 13.0. The number of nitrogens with two attached hydrogens (primary N) is 1. The number of aliphatic hydroxyl groups is 6. The molecule has 18 nitrogen and oxygen atoms in total. The molecule has 1 aromatic carbocycles. The van der Waals surface area contributed by atoms with Crippen LogP contribution in [-0.4, -0.2) is 142 Å². The van der Waals surface area contributed by atoms with Crippen LogP contribution in [0.15, 0.2) is 51.4 Å². The van der Waals surface area contributed by atoms with Gasteiger partial charge < -0.3 is 79.3 Å². The zero-order valence-corrected chi connectivity index (χ0v) is 34.8. The second-order valence-electron chi connectivity index (χ2n) is 14.8. The summed E-state index contributed by atoms with van der Waals surface area (Å²) in [6.45, 7) is 5.05. The largest absolute Gasteiger partial charge is 0.443 e. The van der Waals surface area contributed by atoms with Gasteiger partial charge in [0, 0.05) is 49.4 Å². The first kappa shape index (κ1) is 47.0. The topological polar surface area (TPSA) is 265 Å². The van der Waals surface area contributed by atoms with Gasteiger partial charge in [-0.25, -0.2) is 9.71 Å². The zero-order valence-electron chi connectivity index (χ0n) is 33.1. The summed E-state index contributed by atoms with van der Waals surface area (Å²) in [6, 6.07) is 5.53. The van der Waals surface area contributed by atoms with E-state index in [1.54, 1.807) is 6.92 Å². The smallest absolute Gasteiger partial charge is 0.187 e. The molecule has 0 bridgehead atoms. The van der Waals surface area contributed by atoms with E-state index < -0.39 is 80.4 Å². The molecule has 3 aliphatic rings. The molecule has 1 aliphatic carbocycles. The van der Waals surface area contributed by atoms with E-state index in [0.717, 1.165) is 41.2 Å². The fourth-order valence-corrected chi connectivity index (χ4v) is 7.39. The van der Waals surface area contributed by atoms with E-state index in [-0.39, 0.29) is 38.6 Å². The number of allylic oxidation sites excluding steroid dienone is 1. The molecule has 58 heavy (non-hydrogen) atoms. The summed E-state index contributed by atoms with van der Waals surface area (Å²) in [5, 5.41) is 68.6. The molecule has 2 aliphatic heterocycles. The van der Waals surface area contributed by atoms with Crippen LogP contribution in [0.4, 0.5) is 5.69 Å². The monoisotopic (exact) mass is 859 g/mol. The fraction of sp³-hybridized carbons (Fsp3) is 0.711. The highest BCUT2D eigenvalue weighted by Crippen LogP contribution is 2.32. The van der Waals surface area contributed by atoms with E-state index in [4.69, 9.17) is 38.6 Å². The van der Waals surface area contributed by atoms with Crippen LogP contribution in [0, 0.1) is 5.92 Å². The number of aliphatic hydroxyl groups excluding tert-OH is 6. The lowest BCUT2D eigenvalue weighted by Gasteiger charge is -2.42. The van der Waals surface area contributed by atoms with Gasteiger partial charge in [0.1, 0.15) is 48.2 Å². The minimum atomic E-state index is -1.66. The summed E-state index contributed by atoms with van der Waals surface area (Å²) in [6.07, 6.45) is -6.33. The number of ether oxygens (including phenoxy) is 6. The van der Waals surface area contributed by atoms with E-state index in [2.05, 4.69) is 32.4 Å². The van der Waals surface area contributed by atoms with Gasteiger partial charge in [0.15, 0.2) is 30.8 Å². The number of oxazole rings is 1. The van der Waals surface area contributed by atoms with Crippen molar-refractivity contribution in [2.45, 2.75) is 133 Å². The third-order valence-corrected chi connectivity index (χ3v) is 11.6. The third-order valence-electron chi connectivity index (χ3n) is 10.5. The maximum absolute atomic E-state index is 11.0. The molecule has 2 aromatic rings. The van der Waals surface area contributed by atoms with Crippen molar-refractivity contribution in [2.24, 2.45) is 11.7 Å². The Balaban J connectivity index is 1.16. The molecule has 13 atom stereocenters. The minimum absolute atomic E-state index is 0.105. The molecule has 0 amide bonds. The van der Waals surface area contributed by atoms with Gasteiger partial charge in [-0.15, -0.1) is 12.6 Å². The average Bonchev–Trinajstić information content (AvgIpc) is 3.67. The molecule has 5 rings (SSSR count). The second kappa shape index (κ2) is 23.2. The van der Waals surface area contributed by atoms with E-state index >= 15 is 0 Å². The number of hydrogen-bond donors (Lipinski definition) is 11. The maximum Gasteiger partial charge on any atom is 0.187 e. The Morgan fingerprint density at radius 1 is 1.12 bits per heavy atom. The average molecular weight is 860 g/mol. The van der Waals surface area contributed by atoms with Crippen LogP contribution >= 0.6 is 24.8 Å². The lowest BCUT2D eigenvalue weighted by molar-refractivity contribution is -0.330. The van der Waals surface area contributed by atoms with Crippen molar-refractivity contribution in [3.63, 3.8) is 0 Å². The molecule has 20 heteroatoms. The summed E-state index contributed by atoms with van der Waals surface area (Å²) in [4.78, 5) is 4.16. The number of fused-ring (bicyclic) bond motifs is 1. The molecule has 328 valence electrons. The number of hydrogen-bond acceptors (Lipinski definition) is 20. The standard InChI is InChI=1S/C38H61N5O13S2/c1-4-20(2)32(46)37(50-13-12-39)55-29(17-44)21(3)53-38-35(49)34(48)33(47)30(56-38)18-51-31-11-9-25(42-36(57)22-6-5-7-22)28(54-31)15-24(45)16-41-58-43-23-8-10-27-26(14-23)40-19-52-27/h8-10,14,19-21,24,28-35,37-38,41-49,57H,4-7,11-13,15-18,39H2,1-3H3/t20?,21-,24?,28?,29?,30?,31-,32+,33?,34?,35?,37?,38?/m0/s1. The Bertz CT molecular complexity index is 1600. The number of rotatable bonds is 24. The number of benzene rings is 1. The predicted octanol–water partition coefficient (Wildman–Crippen LogP) is 1.37. The summed E-state index contributed by atoms with van der Waals surface area (Å²) in [5.41, 5.74) is 9.76. The van der Waals surface area contributed by atoms with Gasteiger partial charge >= 0.3 is 0 Å². The number of aromatic nitrogens is 1. The van der Waals surface area contributed by atoms with Crippen molar-refractivity contribution in [2.75, 3.05) is 37.6 Å². The minimum Gasteiger partial charge on any atom is -0.443 e. The first-order valence-corrected chi connectivity index (χ1v) is 21.1. The molecule has 0 spiro atoms. The Labute approximate surface area is 348 Å². The first-order chi connectivity index (χ1) is 27.9. The molecule has 2 fully saturated rings. The number of anilines is 1. The van der Waals surface area contributed by atoms with Gasteiger partial charge in [-0.05, 0) is 55.9 Å². The van der Waals surface area contributed by atoms with E-state index in [1.165, 1.54) is 24.1 Å². The van der Waals surface area contributed by atoms with Crippen molar-refractivity contribution in [1.82, 2.24) is 15.0 Å². The molecule has 0 radical (unpaired) electrons. The number of nitrogens with one attached hydrogen (secondary N) is 3. The van der Waals surface area contributed by atoms with Gasteiger partial charge in [-0.1, -0.05) is 26.3 Å². The highest BCUT2D eigenvalue weighted by atomic mass is 32.2. The van der Waals surface area contributed by atoms with Gasteiger partial charge in [0.25, 0.3) is 0 Å². The summed E-state index contributed by atoms with van der Waals surface area (Å²) >= 11 is 5.89. The number of nitrogens with zero attached hydrogens (tertiary/aromatic N) is 1. The molecule has 1 aromatic heterocycles. The Kier molecular flexibility index (Phi) is 18.8. The summed E-state index contributed by atoms with van der Waals surface area (Å²) in [5.74, 6) is -0.186. The van der Waals surface area contributed by atoms with Crippen LogP contribution in [0.1, 0.15) is 59.3 Å². The first-order valence-electron chi connectivity index (χ1n) is 19.8. The Hall–Kier alpha value is -2.09. The number of thiol groups is 1. The Morgan fingerprint density at radius 3 is 2.62 bits per heavy atom. The van der Waals surface area contributed by atoms with Crippen LogP contribution in [-0.2, 0) is 28.4 Å². The van der Waals surface area contributed by atoms with Gasteiger partial charge in [-0.2, -0.15) is 0 Å². The van der Waals surface area contributed by atoms with E-state index in [9.17, 15) is 30.6 Å². The van der Waals surface area contributed by atoms with Gasteiger partial charge in [-0.3, -0.25) is 0 Å². The van der Waals surface area contributed by atoms with Gasteiger partial charge in [0.05, 0.1) is 37.1 Å². The van der Waals surface area contributed by atoms with Crippen molar-refractivity contribution in [1.29, 1.82) is 0 Å². The van der Waals surface area contributed by atoms with Crippen LogP contribution in [0.5, 0.6) is 0 Å². The van der Waals surface area contributed by atoms with Gasteiger partial charge in [0.2, 0.25) is 0 Å². The Morgan fingerprint density at radius 2 is 1.91 bits per heavy atom.